The molecular weight excluding hydrogens is 274 g/mol. The summed E-state index contributed by atoms with van der Waals surface area (Å²) >= 11 is 4.84. The normalized spacial score (nSPS) is 10.6. The molecule has 0 atom stereocenters. The largest absolute Gasteiger partial charge is 0.389 e. The van der Waals surface area contributed by atoms with Gasteiger partial charge in [0.1, 0.15) is 11.5 Å². The molecule has 3 N–H and O–H groups in total. The van der Waals surface area contributed by atoms with Gasteiger partial charge in [-0.25, -0.2) is 0 Å². The summed E-state index contributed by atoms with van der Waals surface area (Å²) in [4.78, 5) is 24.2. The number of rotatable bonds is 6. The Hall–Kier alpha value is -1.69. The third kappa shape index (κ3) is 3.90. The molecule has 0 unspecified atom stereocenters. The van der Waals surface area contributed by atoms with E-state index in [0.29, 0.717) is 5.69 Å². The molecule has 1 aromatic heterocycles. The first-order valence-corrected chi connectivity index (χ1v) is 7.11. The summed E-state index contributed by atoms with van der Waals surface area (Å²) in [5.41, 5.74) is 6.15. The Balaban J connectivity index is 2.98. The molecule has 5 nitrogen and oxygen atoms in total. The molecule has 0 radical (unpaired) electrons. The van der Waals surface area contributed by atoms with Crippen LogP contribution in [0.4, 0.5) is 0 Å². The lowest BCUT2D eigenvalue weighted by Crippen LogP contribution is -2.40. The molecular formula is C14H21N3O2S. The molecule has 0 aliphatic carbocycles. The van der Waals surface area contributed by atoms with Crippen LogP contribution < -0.4 is 16.6 Å². The van der Waals surface area contributed by atoms with Crippen LogP contribution >= 0.6 is 12.2 Å². The molecule has 6 heteroatoms. The number of nitrogens with zero attached hydrogens (tertiary/aromatic N) is 1. The molecule has 0 aliphatic rings. The average molecular weight is 295 g/mol. The molecule has 0 fully saturated rings. The fraction of sp³-hybridized carbons (Fsp3) is 0.500. The number of carbonyl (C=O) groups is 1. The molecule has 20 heavy (non-hydrogen) atoms. The summed E-state index contributed by atoms with van der Waals surface area (Å²) in [5.74, 6) is -0.177. The Morgan fingerprint density at radius 3 is 2.50 bits per heavy atom. The van der Waals surface area contributed by atoms with Crippen LogP contribution in [0.15, 0.2) is 16.9 Å². The Bertz CT molecular complexity index is 562. The second-order valence-electron chi connectivity index (χ2n) is 4.72. The van der Waals surface area contributed by atoms with Crippen LogP contribution in [0, 0.1) is 6.92 Å². The molecule has 1 aromatic rings. The summed E-state index contributed by atoms with van der Waals surface area (Å²) in [6, 6.07) is 3.47. The number of aromatic nitrogens is 1. The Morgan fingerprint density at radius 2 is 2.00 bits per heavy atom. The van der Waals surface area contributed by atoms with Crippen LogP contribution in [-0.4, -0.2) is 21.5 Å². The Labute approximate surface area is 124 Å². The van der Waals surface area contributed by atoms with Crippen LogP contribution in [0.5, 0.6) is 0 Å². The van der Waals surface area contributed by atoms with Crippen LogP contribution in [0.25, 0.3) is 0 Å². The summed E-state index contributed by atoms with van der Waals surface area (Å²) in [5, 5.41) is 2.91. The maximum Gasteiger partial charge on any atom is 0.261 e. The monoisotopic (exact) mass is 295 g/mol. The second kappa shape index (κ2) is 7.19. The predicted octanol–water partition coefficient (Wildman–Crippen LogP) is 1.10. The van der Waals surface area contributed by atoms with Gasteiger partial charge in [0.25, 0.3) is 5.56 Å². The van der Waals surface area contributed by atoms with Gasteiger partial charge in [-0.1, -0.05) is 26.1 Å². The molecule has 1 rings (SSSR count). The molecule has 0 aliphatic heterocycles. The van der Waals surface area contributed by atoms with Crippen molar-refractivity contribution in [1.29, 1.82) is 0 Å². The number of thiocarbonyl (C=S) groups is 1. The van der Waals surface area contributed by atoms with E-state index in [0.717, 1.165) is 12.8 Å². The minimum absolute atomic E-state index is 0.0162. The highest BCUT2D eigenvalue weighted by atomic mass is 32.1. The van der Waals surface area contributed by atoms with Crippen LogP contribution in [0.3, 0.4) is 0 Å². The lowest BCUT2D eigenvalue weighted by atomic mass is 10.2. The predicted molar refractivity (Wildman–Crippen MR) is 83.8 cm³/mol. The zero-order valence-electron chi connectivity index (χ0n) is 12.1. The lowest BCUT2D eigenvalue weighted by molar-refractivity contribution is -0.122. The maximum atomic E-state index is 12.2. The van der Waals surface area contributed by atoms with E-state index in [-0.39, 0.29) is 34.6 Å². The number of nitrogens with one attached hydrogen (secondary N) is 1. The molecule has 0 saturated heterocycles. The van der Waals surface area contributed by atoms with Gasteiger partial charge in [0, 0.05) is 11.7 Å². The first-order valence-electron chi connectivity index (χ1n) is 6.70. The van der Waals surface area contributed by atoms with Crippen LogP contribution in [-0.2, 0) is 11.3 Å². The van der Waals surface area contributed by atoms with Gasteiger partial charge in [0.05, 0.1) is 5.56 Å². The van der Waals surface area contributed by atoms with E-state index < -0.39 is 0 Å². The van der Waals surface area contributed by atoms with Gasteiger partial charge in [-0.05, 0) is 31.9 Å². The number of amides is 1. The van der Waals surface area contributed by atoms with Gasteiger partial charge < -0.3 is 15.6 Å². The van der Waals surface area contributed by atoms with Crippen molar-refractivity contribution < 1.29 is 4.79 Å². The van der Waals surface area contributed by atoms with Crippen LogP contribution in [0.2, 0.25) is 0 Å². The van der Waals surface area contributed by atoms with E-state index in [4.69, 9.17) is 18.0 Å². The van der Waals surface area contributed by atoms with E-state index in [1.165, 1.54) is 4.57 Å². The van der Waals surface area contributed by atoms with E-state index in [1.54, 1.807) is 19.1 Å². The van der Waals surface area contributed by atoms with Crippen LogP contribution in [0.1, 0.15) is 37.9 Å². The zero-order valence-corrected chi connectivity index (χ0v) is 12.9. The lowest BCUT2D eigenvalue weighted by Gasteiger charge is -2.16. The highest BCUT2D eigenvalue weighted by Gasteiger charge is 2.13. The van der Waals surface area contributed by atoms with E-state index in [1.807, 2.05) is 13.8 Å². The van der Waals surface area contributed by atoms with Gasteiger partial charge in [0.15, 0.2) is 0 Å². The van der Waals surface area contributed by atoms with Crippen molar-refractivity contribution in [1.82, 2.24) is 9.88 Å². The topological polar surface area (TPSA) is 77.1 Å². The molecule has 0 saturated carbocycles. The van der Waals surface area contributed by atoms with E-state index >= 15 is 0 Å². The molecule has 0 bridgehead atoms. The van der Waals surface area contributed by atoms with Crippen molar-refractivity contribution in [3.05, 3.63) is 33.7 Å². The summed E-state index contributed by atoms with van der Waals surface area (Å²) < 4.78 is 1.40. The summed E-state index contributed by atoms with van der Waals surface area (Å²) in [6.07, 6.45) is 1.73. The van der Waals surface area contributed by atoms with Gasteiger partial charge in [-0.3, -0.25) is 9.59 Å². The SMILES string of the molecule is CCC(CC)NC(=O)Cn1c(C)ccc(C(N)=S)c1=O. The third-order valence-electron chi connectivity index (χ3n) is 3.31. The minimum Gasteiger partial charge on any atom is -0.389 e. The first kappa shape index (κ1) is 16.4. The molecule has 1 heterocycles. The molecule has 0 spiro atoms. The fourth-order valence-corrected chi connectivity index (χ4v) is 2.12. The fourth-order valence-electron chi connectivity index (χ4n) is 1.96. The number of hydrogen-bond donors (Lipinski definition) is 2. The number of nitrogens with two attached hydrogens (primary N) is 1. The summed E-state index contributed by atoms with van der Waals surface area (Å²) in [7, 11) is 0. The standard InChI is InChI=1S/C14H21N3O2S/c1-4-10(5-2)16-12(18)8-17-9(3)6-7-11(13(15)20)14(17)19/h6-7,10H,4-5,8H2,1-3H3,(H2,15,20)(H,16,18). The first-order chi connectivity index (χ1) is 9.40. The van der Waals surface area contributed by atoms with Gasteiger partial charge >= 0.3 is 0 Å². The molecule has 1 amide bonds. The number of carbonyl (C=O) groups excluding carboxylic acids is 1. The van der Waals surface area contributed by atoms with Gasteiger partial charge in [-0.2, -0.15) is 0 Å². The van der Waals surface area contributed by atoms with E-state index in [9.17, 15) is 9.59 Å². The van der Waals surface area contributed by atoms with Crippen molar-refractivity contribution in [2.24, 2.45) is 5.73 Å². The van der Waals surface area contributed by atoms with Crippen molar-refractivity contribution in [2.45, 2.75) is 46.2 Å². The summed E-state index contributed by atoms with van der Waals surface area (Å²) in [6.45, 7) is 5.78. The zero-order chi connectivity index (χ0) is 15.3. The molecule has 110 valence electrons. The number of pyridine rings is 1. The number of aryl methyl sites for hydroxylation is 1. The van der Waals surface area contributed by atoms with Gasteiger partial charge in [-0.15, -0.1) is 0 Å². The van der Waals surface area contributed by atoms with Crippen molar-refractivity contribution in [3.8, 4) is 0 Å². The smallest absolute Gasteiger partial charge is 0.261 e. The van der Waals surface area contributed by atoms with E-state index in [2.05, 4.69) is 5.32 Å². The van der Waals surface area contributed by atoms with Crippen molar-refractivity contribution >= 4 is 23.1 Å². The number of hydrogen-bond acceptors (Lipinski definition) is 3. The molecule has 0 aromatic carbocycles. The highest BCUT2D eigenvalue weighted by molar-refractivity contribution is 7.80. The van der Waals surface area contributed by atoms with Crippen molar-refractivity contribution in [2.75, 3.05) is 0 Å². The average Bonchev–Trinajstić information content (AvgIpc) is 2.40. The maximum absolute atomic E-state index is 12.2. The Kier molecular flexibility index (Phi) is 5.88. The quantitative estimate of drug-likeness (QED) is 0.770. The second-order valence-corrected chi connectivity index (χ2v) is 5.16. The Morgan fingerprint density at radius 1 is 1.40 bits per heavy atom. The highest BCUT2D eigenvalue weighted by Crippen LogP contribution is 2.00. The van der Waals surface area contributed by atoms with Gasteiger partial charge in [0.2, 0.25) is 5.91 Å². The minimum atomic E-state index is -0.322. The van der Waals surface area contributed by atoms with Crippen molar-refractivity contribution in [3.63, 3.8) is 0 Å². The third-order valence-corrected chi connectivity index (χ3v) is 3.53.